The van der Waals surface area contributed by atoms with Gasteiger partial charge in [0.15, 0.2) is 0 Å². The zero-order chi connectivity index (χ0) is 12.5. The summed E-state index contributed by atoms with van der Waals surface area (Å²) in [5.74, 6) is 0.226. The number of benzene rings is 1. The van der Waals surface area contributed by atoms with Gasteiger partial charge in [-0.05, 0) is 23.1 Å². The van der Waals surface area contributed by atoms with Gasteiger partial charge in [-0.3, -0.25) is 4.79 Å². The summed E-state index contributed by atoms with van der Waals surface area (Å²) in [5, 5.41) is 5.03. The molecule has 0 aliphatic carbocycles. The number of nitrogen functional groups attached to an aromatic ring is 1. The monoisotopic (exact) mass is 240 g/mol. The number of hydrogen-bond acceptors (Lipinski definition) is 3. The molecule has 0 atom stereocenters. The molecule has 0 saturated heterocycles. The van der Waals surface area contributed by atoms with E-state index < -0.39 is 0 Å². The normalized spacial score (nSPS) is 10.9. The third kappa shape index (κ3) is 1.75. The van der Waals surface area contributed by atoms with Crippen LogP contribution in [0.15, 0.2) is 42.7 Å². The summed E-state index contributed by atoms with van der Waals surface area (Å²) in [7, 11) is 0. The van der Waals surface area contributed by atoms with E-state index in [0.29, 0.717) is 5.82 Å². The van der Waals surface area contributed by atoms with Crippen molar-refractivity contribution in [2.24, 2.45) is 0 Å². The molecule has 0 amide bonds. The molecule has 18 heavy (non-hydrogen) atoms. The molecule has 0 spiro atoms. The molecule has 0 unspecified atom stereocenters. The van der Waals surface area contributed by atoms with Crippen LogP contribution in [0, 0.1) is 0 Å². The van der Waals surface area contributed by atoms with Crippen molar-refractivity contribution in [1.82, 2.24) is 14.8 Å². The molecular weight excluding hydrogens is 228 g/mol. The Hall–Kier alpha value is -2.56. The summed E-state index contributed by atoms with van der Waals surface area (Å²) in [6.07, 6.45) is 3.67. The van der Waals surface area contributed by atoms with Crippen LogP contribution in [0.1, 0.15) is 10.4 Å². The van der Waals surface area contributed by atoms with Crippen molar-refractivity contribution >= 4 is 22.6 Å². The Morgan fingerprint density at radius 2 is 2.22 bits per heavy atom. The number of aromatic amines is 1. The minimum Gasteiger partial charge on any atom is -0.383 e. The van der Waals surface area contributed by atoms with E-state index in [9.17, 15) is 4.79 Å². The summed E-state index contributed by atoms with van der Waals surface area (Å²) in [4.78, 5) is 15.1. The van der Waals surface area contributed by atoms with E-state index >= 15 is 0 Å². The smallest absolute Gasteiger partial charge is 0.253 e. The van der Waals surface area contributed by atoms with Gasteiger partial charge >= 0.3 is 0 Å². The van der Waals surface area contributed by atoms with Crippen LogP contribution in [0.4, 0.5) is 5.82 Å². The van der Waals surface area contributed by atoms with Crippen molar-refractivity contribution < 1.29 is 4.79 Å². The van der Waals surface area contributed by atoms with Crippen molar-refractivity contribution in [3.63, 3.8) is 0 Å². The SMILES string of the molecule is Nc1ccnn1C(=O)Cc1ccc2cc[nH]c2c1. The number of hydrogen-bond donors (Lipinski definition) is 2. The van der Waals surface area contributed by atoms with Gasteiger partial charge in [0.05, 0.1) is 12.6 Å². The Morgan fingerprint density at radius 3 is 3.00 bits per heavy atom. The van der Waals surface area contributed by atoms with Crippen LogP contribution in [0.5, 0.6) is 0 Å². The van der Waals surface area contributed by atoms with Crippen molar-refractivity contribution in [3.8, 4) is 0 Å². The summed E-state index contributed by atoms with van der Waals surface area (Å²) < 4.78 is 1.22. The minimum absolute atomic E-state index is 0.136. The van der Waals surface area contributed by atoms with Gasteiger partial charge in [0.25, 0.3) is 5.91 Å². The lowest BCUT2D eigenvalue weighted by Crippen LogP contribution is -2.17. The van der Waals surface area contributed by atoms with Crippen molar-refractivity contribution in [2.45, 2.75) is 6.42 Å². The van der Waals surface area contributed by atoms with E-state index in [0.717, 1.165) is 16.5 Å². The topological polar surface area (TPSA) is 76.7 Å². The van der Waals surface area contributed by atoms with Crippen LogP contribution in [-0.4, -0.2) is 20.7 Å². The van der Waals surface area contributed by atoms with E-state index in [2.05, 4.69) is 10.1 Å². The average molecular weight is 240 g/mol. The second-order valence-electron chi connectivity index (χ2n) is 4.14. The number of nitrogens with one attached hydrogen (secondary N) is 1. The van der Waals surface area contributed by atoms with Gasteiger partial charge in [-0.2, -0.15) is 9.78 Å². The molecule has 0 bridgehead atoms. The molecule has 2 aromatic heterocycles. The number of nitrogens with two attached hydrogens (primary N) is 1. The van der Waals surface area contributed by atoms with Gasteiger partial charge in [-0.15, -0.1) is 0 Å². The average Bonchev–Trinajstić information content (AvgIpc) is 2.96. The first-order valence-electron chi connectivity index (χ1n) is 5.63. The van der Waals surface area contributed by atoms with Crippen LogP contribution in [0.3, 0.4) is 0 Å². The Morgan fingerprint density at radius 1 is 1.33 bits per heavy atom. The maximum Gasteiger partial charge on any atom is 0.253 e. The van der Waals surface area contributed by atoms with Gasteiger partial charge in [0, 0.05) is 17.8 Å². The lowest BCUT2D eigenvalue weighted by atomic mass is 10.1. The number of nitrogens with zero attached hydrogens (tertiary/aromatic N) is 2. The quantitative estimate of drug-likeness (QED) is 0.717. The highest BCUT2D eigenvalue weighted by Gasteiger charge is 2.10. The second-order valence-corrected chi connectivity index (χ2v) is 4.14. The van der Waals surface area contributed by atoms with Crippen LogP contribution < -0.4 is 5.73 Å². The zero-order valence-electron chi connectivity index (χ0n) is 9.63. The Kier molecular flexibility index (Phi) is 2.37. The summed E-state index contributed by atoms with van der Waals surface area (Å²) in [6.45, 7) is 0. The van der Waals surface area contributed by atoms with Crippen LogP contribution >= 0.6 is 0 Å². The standard InChI is InChI=1S/C13H12N4O/c14-12-4-6-16-17(12)13(18)8-9-1-2-10-3-5-15-11(10)7-9/h1-7,15H,8,14H2. The lowest BCUT2D eigenvalue weighted by Gasteiger charge is -2.03. The number of aromatic nitrogens is 3. The molecule has 0 saturated carbocycles. The summed E-state index contributed by atoms with van der Waals surface area (Å²) in [6, 6.07) is 9.49. The second kappa shape index (κ2) is 4.03. The molecule has 3 rings (SSSR count). The first-order chi connectivity index (χ1) is 8.74. The summed E-state index contributed by atoms with van der Waals surface area (Å²) in [5.41, 5.74) is 7.60. The Bertz CT molecular complexity index is 710. The molecule has 0 fully saturated rings. The molecule has 3 aromatic rings. The molecule has 3 N–H and O–H groups in total. The summed E-state index contributed by atoms with van der Waals surface area (Å²) >= 11 is 0. The van der Waals surface area contributed by atoms with E-state index in [4.69, 9.17) is 5.73 Å². The van der Waals surface area contributed by atoms with Crippen LogP contribution in [-0.2, 0) is 6.42 Å². The van der Waals surface area contributed by atoms with E-state index in [-0.39, 0.29) is 12.3 Å². The Balaban J connectivity index is 1.88. The van der Waals surface area contributed by atoms with Gasteiger partial charge in [0.1, 0.15) is 5.82 Å². The molecule has 0 radical (unpaired) electrons. The van der Waals surface area contributed by atoms with Crippen LogP contribution in [0.25, 0.3) is 10.9 Å². The molecule has 0 aliphatic rings. The molecule has 5 nitrogen and oxygen atoms in total. The predicted molar refractivity (Wildman–Crippen MR) is 69.3 cm³/mol. The molecule has 90 valence electrons. The van der Waals surface area contributed by atoms with Gasteiger partial charge in [-0.1, -0.05) is 12.1 Å². The third-order valence-electron chi connectivity index (χ3n) is 2.88. The molecule has 0 aliphatic heterocycles. The highest BCUT2D eigenvalue weighted by Crippen LogP contribution is 2.15. The number of rotatable bonds is 2. The lowest BCUT2D eigenvalue weighted by molar-refractivity contribution is 0.0901. The largest absolute Gasteiger partial charge is 0.383 e. The molecule has 2 heterocycles. The zero-order valence-corrected chi connectivity index (χ0v) is 9.63. The van der Waals surface area contributed by atoms with Crippen molar-refractivity contribution in [2.75, 3.05) is 5.73 Å². The molecule has 5 heteroatoms. The number of H-pyrrole nitrogens is 1. The fraction of sp³-hybridized carbons (Fsp3) is 0.0769. The highest BCUT2D eigenvalue weighted by molar-refractivity contribution is 5.85. The van der Waals surface area contributed by atoms with Gasteiger partial charge in [-0.25, -0.2) is 0 Å². The first kappa shape index (κ1) is 10.6. The first-order valence-corrected chi connectivity index (χ1v) is 5.63. The van der Waals surface area contributed by atoms with Gasteiger partial charge in [0.2, 0.25) is 0 Å². The third-order valence-corrected chi connectivity index (χ3v) is 2.88. The van der Waals surface area contributed by atoms with Gasteiger partial charge < -0.3 is 10.7 Å². The number of carbonyl (C=O) groups excluding carboxylic acids is 1. The fourth-order valence-corrected chi connectivity index (χ4v) is 1.98. The van der Waals surface area contributed by atoms with E-state index in [1.54, 1.807) is 6.07 Å². The minimum atomic E-state index is -0.136. The predicted octanol–water partition coefficient (Wildman–Crippen LogP) is 1.83. The van der Waals surface area contributed by atoms with Crippen LogP contribution in [0.2, 0.25) is 0 Å². The van der Waals surface area contributed by atoms with Crippen molar-refractivity contribution in [3.05, 3.63) is 48.3 Å². The number of fused-ring (bicyclic) bond motifs is 1. The maximum atomic E-state index is 12.0. The fourth-order valence-electron chi connectivity index (χ4n) is 1.98. The highest BCUT2D eigenvalue weighted by atomic mass is 16.2. The molecular formula is C13H12N4O. The maximum absolute atomic E-state index is 12.0. The van der Waals surface area contributed by atoms with E-state index in [1.165, 1.54) is 10.9 Å². The number of anilines is 1. The Labute approximate surface area is 103 Å². The molecule has 1 aromatic carbocycles. The number of carbonyl (C=O) groups is 1. The van der Waals surface area contributed by atoms with E-state index in [1.807, 2.05) is 30.5 Å². The van der Waals surface area contributed by atoms with Crippen molar-refractivity contribution in [1.29, 1.82) is 0 Å².